The molecule has 8 heteroatoms. The van der Waals surface area contributed by atoms with E-state index in [1.54, 1.807) is 19.5 Å². The molecule has 1 aromatic carbocycles. The van der Waals surface area contributed by atoms with Crippen LogP contribution in [0.25, 0.3) is 17.1 Å². The van der Waals surface area contributed by atoms with Gasteiger partial charge >= 0.3 is 0 Å². The number of nitrogens with zero attached hydrogens (tertiary/aromatic N) is 6. The quantitative estimate of drug-likeness (QED) is 0.426. The molecule has 0 amide bonds. The van der Waals surface area contributed by atoms with Gasteiger partial charge in [-0.3, -0.25) is 4.57 Å². The first-order chi connectivity index (χ1) is 14.6. The number of halogens is 1. The Morgan fingerprint density at radius 3 is 2.83 bits per heavy atom. The highest BCUT2D eigenvalue weighted by atomic mass is 19.1. The van der Waals surface area contributed by atoms with E-state index in [2.05, 4.69) is 50.2 Å². The maximum atomic E-state index is 13.1. The minimum atomic E-state index is -0.394. The molecule has 5 rings (SSSR count). The molecule has 0 saturated carbocycles. The summed E-state index contributed by atoms with van der Waals surface area (Å²) in [5, 5.41) is 8.75. The highest BCUT2D eigenvalue weighted by molar-refractivity contribution is 5.70. The third-order valence-corrected chi connectivity index (χ3v) is 4.96. The molecule has 1 aliphatic heterocycles. The Hall–Kier alpha value is -3.83. The zero-order valence-corrected chi connectivity index (χ0v) is 16.4. The molecule has 0 unspecified atom stereocenters. The summed E-state index contributed by atoms with van der Waals surface area (Å²) in [6.07, 6.45) is 2.91. The maximum absolute atomic E-state index is 13.1. The fraction of sp³-hybridized carbons (Fsp3) is 0.182. The van der Waals surface area contributed by atoms with Crippen LogP contribution in [-0.2, 0) is 17.9 Å². The molecule has 0 spiro atoms. The van der Waals surface area contributed by atoms with Crippen molar-refractivity contribution in [3.8, 4) is 28.9 Å². The van der Waals surface area contributed by atoms with Crippen LogP contribution in [0.5, 0.6) is 0 Å². The van der Waals surface area contributed by atoms with Gasteiger partial charge in [-0.2, -0.15) is 0 Å². The van der Waals surface area contributed by atoms with Crippen molar-refractivity contribution in [3.05, 3.63) is 77.1 Å². The molecule has 0 aliphatic carbocycles. The van der Waals surface area contributed by atoms with E-state index in [0.29, 0.717) is 24.5 Å². The summed E-state index contributed by atoms with van der Waals surface area (Å²) in [6, 6.07) is 9.08. The van der Waals surface area contributed by atoms with Crippen LogP contribution in [-0.4, -0.2) is 36.4 Å². The van der Waals surface area contributed by atoms with Crippen molar-refractivity contribution in [2.75, 3.05) is 7.11 Å². The van der Waals surface area contributed by atoms with Gasteiger partial charge in [-0.25, -0.2) is 14.4 Å². The highest BCUT2D eigenvalue weighted by Crippen LogP contribution is 2.33. The molecule has 30 heavy (non-hydrogen) atoms. The summed E-state index contributed by atoms with van der Waals surface area (Å²) >= 11 is 0. The number of fused-ring (bicyclic) bond motifs is 5. The van der Waals surface area contributed by atoms with Gasteiger partial charge in [0.1, 0.15) is 30.1 Å². The lowest BCUT2D eigenvalue weighted by Gasteiger charge is -2.08. The number of hydrogen-bond donors (Lipinski definition) is 0. The number of benzene rings is 1. The van der Waals surface area contributed by atoms with Crippen LogP contribution >= 0.6 is 0 Å². The Morgan fingerprint density at radius 2 is 2.03 bits per heavy atom. The summed E-state index contributed by atoms with van der Waals surface area (Å²) in [4.78, 5) is 8.52. The van der Waals surface area contributed by atoms with Gasteiger partial charge in [0.05, 0.1) is 24.1 Å². The molecule has 0 atom stereocenters. The lowest BCUT2D eigenvalue weighted by atomic mass is 10.1. The van der Waals surface area contributed by atoms with E-state index >= 15 is 0 Å². The van der Waals surface area contributed by atoms with E-state index in [0.717, 1.165) is 40.4 Å². The molecule has 0 fully saturated rings. The second-order valence-corrected chi connectivity index (χ2v) is 7.00. The van der Waals surface area contributed by atoms with Gasteiger partial charge < -0.3 is 9.30 Å². The van der Waals surface area contributed by atoms with Crippen molar-refractivity contribution in [1.29, 1.82) is 0 Å². The predicted molar refractivity (Wildman–Crippen MR) is 107 cm³/mol. The summed E-state index contributed by atoms with van der Waals surface area (Å²) in [6.45, 7) is 2.89. The second-order valence-electron chi connectivity index (χ2n) is 7.00. The molecule has 1 aliphatic rings. The number of hydrogen-bond acceptors (Lipinski definition) is 5. The largest absolute Gasteiger partial charge is 0.377 e. The van der Waals surface area contributed by atoms with Gasteiger partial charge in [-0.1, -0.05) is 11.6 Å². The molecule has 4 aromatic rings. The molecule has 0 radical (unpaired) electrons. The fourth-order valence-corrected chi connectivity index (χ4v) is 3.54. The molecule has 148 valence electrons. The number of imidazole rings is 1. The zero-order chi connectivity index (χ0) is 20.7. The number of rotatable bonds is 2. The molecule has 0 saturated heterocycles. The van der Waals surface area contributed by atoms with Crippen LogP contribution in [0.4, 0.5) is 4.39 Å². The number of aromatic nitrogens is 6. The predicted octanol–water partition coefficient (Wildman–Crippen LogP) is 2.88. The molecular weight excluding hydrogens is 383 g/mol. The third kappa shape index (κ3) is 3.06. The first-order valence-corrected chi connectivity index (χ1v) is 9.36. The minimum Gasteiger partial charge on any atom is -0.377 e. The Kier molecular flexibility index (Phi) is 4.38. The number of aryl methyl sites for hydroxylation is 1. The van der Waals surface area contributed by atoms with E-state index < -0.39 is 5.82 Å². The summed E-state index contributed by atoms with van der Waals surface area (Å²) in [5.74, 6) is 7.16. The monoisotopic (exact) mass is 400 g/mol. The second kappa shape index (κ2) is 7.21. The van der Waals surface area contributed by atoms with Gasteiger partial charge in [0, 0.05) is 12.7 Å². The first-order valence-electron chi connectivity index (χ1n) is 9.36. The van der Waals surface area contributed by atoms with Crippen LogP contribution in [0, 0.1) is 24.6 Å². The van der Waals surface area contributed by atoms with E-state index in [9.17, 15) is 4.39 Å². The van der Waals surface area contributed by atoms with Crippen LogP contribution in [0.15, 0.2) is 42.9 Å². The average molecular weight is 400 g/mol. The molecule has 0 N–H and O–H groups in total. The van der Waals surface area contributed by atoms with Crippen molar-refractivity contribution >= 4 is 0 Å². The van der Waals surface area contributed by atoms with E-state index in [1.165, 1.54) is 6.07 Å². The van der Waals surface area contributed by atoms with Crippen LogP contribution in [0.3, 0.4) is 0 Å². The van der Waals surface area contributed by atoms with Crippen molar-refractivity contribution in [2.24, 2.45) is 0 Å². The van der Waals surface area contributed by atoms with Gasteiger partial charge in [-0.05, 0) is 43.0 Å². The van der Waals surface area contributed by atoms with E-state index in [1.807, 2.05) is 16.1 Å². The van der Waals surface area contributed by atoms with Gasteiger partial charge in [0.2, 0.25) is 0 Å². The van der Waals surface area contributed by atoms with Gasteiger partial charge in [0.15, 0.2) is 11.6 Å². The smallest absolute Gasteiger partial charge is 0.166 e. The first kappa shape index (κ1) is 18.2. The fourth-order valence-electron chi connectivity index (χ4n) is 3.54. The zero-order valence-electron chi connectivity index (χ0n) is 16.4. The van der Waals surface area contributed by atoms with Crippen LogP contribution in [0.2, 0.25) is 0 Å². The van der Waals surface area contributed by atoms with Crippen LogP contribution in [0.1, 0.15) is 28.5 Å². The van der Waals surface area contributed by atoms with E-state index in [4.69, 9.17) is 4.74 Å². The number of pyridine rings is 1. The SMILES string of the molecule is COCc1nnc2n1Cc1c(C#Cc3ccc(F)cn3)ncn1-c1ccc(C)cc1-2. The molecule has 0 bridgehead atoms. The van der Waals surface area contributed by atoms with Crippen molar-refractivity contribution < 1.29 is 9.13 Å². The third-order valence-electron chi connectivity index (χ3n) is 4.96. The maximum Gasteiger partial charge on any atom is 0.166 e. The molecular formula is C22H17FN6O. The highest BCUT2D eigenvalue weighted by Gasteiger charge is 2.25. The summed E-state index contributed by atoms with van der Waals surface area (Å²) in [5.41, 5.74) is 5.07. The Balaban J connectivity index is 1.67. The summed E-state index contributed by atoms with van der Waals surface area (Å²) in [7, 11) is 1.63. The van der Waals surface area contributed by atoms with Crippen molar-refractivity contribution in [3.63, 3.8) is 0 Å². The lowest BCUT2D eigenvalue weighted by Crippen LogP contribution is -2.09. The number of methoxy groups -OCH3 is 1. The minimum absolute atomic E-state index is 0.350. The summed E-state index contributed by atoms with van der Waals surface area (Å²) < 4.78 is 22.5. The molecule has 4 heterocycles. The van der Waals surface area contributed by atoms with E-state index in [-0.39, 0.29) is 0 Å². The van der Waals surface area contributed by atoms with Gasteiger partial charge in [-0.15, -0.1) is 10.2 Å². The van der Waals surface area contributed by atoms with Crippen molar-refractivity contribution in [1.82, 2.24) is 29.3 Å². The standard InChI is InChI=1S/C22H17FN6O/c1-14-3-8-19-17(9-14)22-27-26-21(12-30-2)28(22)11-20-18(25-13-29(19)20)7-6-16-5-4-15(23)10-24-16/h3-5,8-10,13H,11-12H2,1-2H3. The van der Waals surface area contributed by atoms with Crippen LogP contribution < -0.4 is 0 Å². The molecule has 3 aromatic heterocycles. The Labute approximate surface area is 172 Å². The topological polar surface area (TPSA) is 70.7 Å². The lowest BCUT2D eigenvalue weighted by molar-refractivity contribution is 0.174. The molecule has 7 nitrogen and oxygen atoms in total. The average Bonchev–Trinajstić information content (AvgIpc) is 3.29. The Bertz CT molecular complexity index is 1310. The van der Waals surface area contributed by atoms with Gasteiger partial charge in [0.25, 0.3) is 0 Å². The number of ether oxygens (including phenoxy) is 1. The Morgan fingerprint density at radius 1 is 1.13 bits per heavy atom. The normalized spacial score (nSPS) is 11.7. The van der Waals surface area contributed by atoms with Crippen molar-refractivity contribution in [2.45, 2.75) is 20.1 Å².